The van der Waals surface area contributed by atoms with E-state index in [0.29, 0.717) is 0 Å². The van der Waals surface area contributed by atoms with Gasteiger partial charge in [-0.2, -0.15) is 0 Å². The van der Waals surface area contributed by atoms with Gasteiger partial charge in [-0.3, -0.25) is 0 Å². The third kappa shape index (κ3) is 2.00. The molecule has 1 aliphatic rings. The fourth-order valence-electron chi connectivity index (χ4n) is 1.75. The molecule has 2 nitrogen and oxygen atoms in total. The molecular weight excluding hydrogens is 174 g/mol. The van der Waals surface area contributed by atoms with Gasteiger partial charge in [0.05, 0.1) is 6.61 Å². The highest BCUT2D eigenvalue weighted by Gasteiger charge is 2.26. The minimum absolute atomic E-state index is 0.757. The molecule has 0 radical (unpaired) electrons. The van der Waals surface area contributed by atoms with Crippen LogP contribution in [0, 0.1) is 11.8 Å². The summed E-state index contributed by atoms with van der Waals surface area (Å²) in [6, 6.07) is 7.61. The molecule has 1 aromatic carbocycles. The van der Waals surface area contributed by atoms with Crippen LogP contribution in [0.1, 0.15) is 19.8 Å². The lowest BCUT2D eigenvalue weighted by molar-refractivity contribution is 0.116. The van der Waals surface area contributed by atoms with Crippen LogP contribution < -0.4 is 10.5 Å². The fraction of sp³-hybridized carbons (Fsp3) is 0.500. The monoisotopic (exact) mass is 191 g/mol. The number of anilines is 1. The van der Waals surface area contributed by atoms with Crippen LogP contribution in [0.15, 0.2) is 24.3 Å². The van der Waals surface area contributed by atoms with E-state index in [1.54, 1.807) is 0 Å². The Balaban J connectivity index is 1.83. The van der Waals surface area contributed by atoms with Crippen molar-refractivity contribution < 1.29 is 4.74 Å². The average Bonchev–Trinajstić information content (AvgIpc) is 2.19. The highest BCUT2D eigenvalue weighted by molar-refractivity contribution is 5.41. The molecule has 76 valence electrons. The van der Waals surface area contributed by atoms with E-state index in [4.69, 9.17) is 10.5 Å². The topological polar surface area (TPSA) is 35.2 Å². The van der Waals surface area contributed by atoms with Gasteiger partial charge in [-0.15, -0.1) is 0 Å². The second kappa shape index (κ2) is 3.91. The highest BCUT2D eigenvalue weighted by atomic mass is 16.5. The Bertz CT molecular complexity index is 294. The quantitative estimate of drug-likeness (QED) is 0.745. The molecular formula is C12H17NO. The van der Waals surface area contributed by atoms with Crippen LogP contribution in [0.3, 0.4) is 0 Å². The van der Waals surface area contributed by atoms with Crippen molar-refractivity contribution in [2.45, 2.75) is 19.8 Å². The summed E-state index contributed by atoms with van der Waals surface area (Å²) in [6.07, 6.45) is 2.67. The Labute approximate surface area is 85.1 Å². The maximum absolute atomic E-state index is 5.68. The number of rotatable bonds is 3. The summed E-state index contributed by atoms with van der Waals surface area (Å²) in [5.41, 5.74) is 6.37. The maximum atomic E-state index is 5.68. The third-order valence-corrected chi connectivity index (χ3v) is 3.14. The molecule has 0 aliphatic heterocycles. The van der Waals surface area contributed by atoms with Gasteiger partial charge < -0.3 is 10.5 Å². The molecule has 2 atom stereocenters. The SMILES string of the molecule is CC1CCC1COc1ccc(N)cc1. The summed E-state index contributed by atoms with van der Waals surface area (Å²) in [5.74, 6) is 2.52. The van der Waals surface area contributed by atoms with Gasteiger partial charge in [0.1, 0.15) is 5.75 Å². The summed E-state index contributed by atoms with van der Waals surface area (Å²) in [5, 5.41) is 0. The highest BCUT2D eigenvalue weighted by Crippen LogP contribution is 2.33. The molecule has 2 heteroatoms. The first-order valence-corrected chi connectivity index (χ1v) is 5.24. The molecule has 0 bridgehead atoms. The van der Waals surface area contributed by atoms with Crippen LogP contribution in [0.2, 0.25) is 0 Å². The number of nitrogen functional groups attached to an aromatic ring is 1. The molecule has 0 saturated heterocycles. The van der Waals surface area contributed by atoms with Gasteiger partial charge in [-0.1, -0.05) is 6.92 Å². The van der Waals surface area contributed by atoms with Crippen LogP contribution in [-0.4, -0.2) is 6.61 Å². The molecule has 2 rings (SSSR count). The molecule has 14 heavy (non-hydrogen) atoms. The first kappa shape index (κ1) is 9.38. The van der Waals surface area contributed by atoms with Crippen molar-refractivity contribution in [3.8, 4) is 5.75 Å². The van der Waals surface area contributed by atoms with Crippen LogP contribution in [0.25, 0.3) is 0 Å². The molecule has 0 heterocycles. The van der Waals surface area contributed by atoms with E-state index in [2.05, 4.69) is 6.92 Å². The van der Waals surface area contributed by atoms with Gasteiger partial charge in [0.15, 0.2) is 0 Å². The number of nitrogens with two attached hydrogens (primary N) is 1. The second-order valence-corrected chi connectivity index (χ2v) is 4.19. The third-order valence-electron chi connectivity index (χ3n) is 3.14. The zero-order valence-electron chi connectivity index (χ0n) is 8.57. The minimum Gasteiger partial charge on any atom is -0.493 e. The Morgan fingerprint density at radius 3 is 2.50 bits per heavy atom. The van der Waals surface area contributed by atoms with Crippen molar-refractivity contribution in [2.24, 2.45) is 11.8 Å². The van der Waals surface area contributed by atoms with Crippen molar-refractivity contribution in [2.75, 3.05) is 12.3 Å². The predicted octanol–water partition coefficient (Wildman–Crippen LogP) is 2.69. The molecule has 1 saturated carbocycles. The lowest BCUT2D eigenvalue weighted by atomic mass is 9.75. The average molecular weight is 191 g/mol. The smallest absolute Gasteiger partial charge is 0.119 e. The van der Waals surface area contributed by atoms with E-state index in [0.717, 1.165) is 29.9 Å². The molecule has 0 amide bonds. The fourth-order valence-corrected chi connectivity index (χ4v) is 1.75. The number of hydrogen-bond donors (Lipinski definition) is 1. The van der Waals surface area contributed by atoms with E-state index in [1.165, 1.54) is 12.8 Å². The van der Waals surface area contributed by atoms with Crippen molar-refractivity contribution in [1.29, 1.82) is 0 Å². The Morgan fingerprint density at radius 2 is 2.00 bits per heavy atom. The maximum Gasteiger partial charge on any atom is 0.119 e. The van der Waals surface area contributed by atoms with Crippen molar-refractivity contribution >= 4 is 5.69 Å². The normalized spacial score (nSPS) is 25.5. The van der Waals surface area contributed by atoms with Crippen LogP contribution in [-0.2, 0) is 0 Å². The van der Waals surface area contributed by atoms with E-state index in [9.17, 15) is 0 Å². The summed E-state index contributed by atoms with van der Waals surface area (Å²) < 4.78 is 5.68. The minimum atomic E-state index is 0.757. The summed E-state index contributed by atoms with van der Waals surface area (Å²) in [4.78, 5) is 0. The summed E-state index contributed by atoms with van der Waals surface area (Å²) in [7, 11) is 0. The van der Waals surface area contributed by atoms with E-state index < -0.39 is 0 Å². The zero-order valence-corrected chi connectivity index (χ0v) is 8.57. The lowest BCUT2D eigenvalue weighted by Gasteiger charge is -2.33. The van der Waals surface area contributed by atoms with E-state index in [-0.39, 0.29) is 0 Å². The summed E-state index contributed by atoms with van der Waals surface area (Å²) in [6.45, 7) is 3.14. The standard InChI is InChI=1S/C12H17NO/c1-9-2-3-10(9)8-14-12-6-4-11(13)5-7-12/h4-7,9-10H,2-3,8,13H2,1H3. The van der Waals surface area contributed by atoms with Crippen molar-refractivity contribution in [3.63, 3.8) is 0 Å². The number of hydrogen-bond acceptors (Lipinski definition) is 2. The number of benzene rings is 1. The summed E-state index contributed by atoms with van der Waals surface area (Å²) >= 11 is 0. The van der Waals surface area contributed by atoms with Gasteiger partial charge >= 0.3 is 0 Å². The van der Waals surface area contributed by atoms with Crippen molar-refractivity contribution in [3.05, 3.63) is 24.3 Å². The first-order chi connectivity index (χ1) is 6.75. The Kier molecular flexibility index (Phi) is 2.62. The van der Waals surface area contributed by atoms with E-state index in [1.807, 2.05) is 24.3 Å². The molecule has 2 unspecified atom stereocenters. The van der Waals surface area contributed by atoms with Crippen LogP contribution in [0.5, 0.6) is 5.75 Å². The molecule has 2 N–H and O–H groups in total. The van der Waals surface area contributed by atoms with E-state index >= 15 is 0 Å². The molecule has 1 fully saturated rings. The zero-order chi connectivity index (χ0) is 9.97. The first-order valence-electron chi connectivity index (χ1n) is 5.24. The van der Waals surface area contributed by atoms with Gasteiger partial charge in [-0.05, 0) is 48.9 Å². The largest absolute Gasteiger partial charge is 0.493 e. The molecule has 0 spiro atoms. The lowest BCUT2D eigenvalue weighted by Crippen LogP contribution is -2.28. The molecule has 1 aliphatic carbocycles. The van der Waals surface area contributed by atoms with Gasteiger partial charge in [0, 0.05) is 5.69 Å². The van der Waals surface area contributed by atoms with Crippen molar-refractivity contribution in [1.82, 2.24) is 0 Å². The van der Waals surface area contributed by atoms with Gasteiger partial charge in [0.25, 0.3) is 0 Å². The number of ether oxygens (including phenoxy) is 1. The van der Waals surface area contributed by atoms with Crippen LogP contribution >= 0.6 is 0 Å². The second-order valence-electron chi connectivity index (χ2n) is 4.19. The van der Waals surface area contributed by atoms with Crippen LogP contribution in [0.4, 0.5) is 5.69 Å². The Hall–Kier alpha value is -1.18. The van der Waals surface area contributed by atoms with Gasteiger partial charge in [0.2, 0.25) is 0 Å². The Morgan fingerprint density at radius 1 is 1.29 bits per heavy atom. The molecule has 1 aromatic rings. The van der Waals surface area contributed by atoms with Gasteiger partial charge in [-0.25, -0.2) is 0 Å². The predicted molar refractivity (Wildman–Crippen MR) is 58.2 cm³/mol. The molecule has 0 aromatic heterocycles.